The maximum absolute atomic E-state index is 10.0. The number of aromatic nitrogens is 2. The second-order valence-electron chi connectivity index (χ2n) is 3.02. The summed E-state index contributed by atoms with van der Waals surface area (Å²) < 4.78 is 0. The van der Waals surface area contributed by atoms with Crippen LogP contribution in [0.15, 0.2) is 18.5 Å². The smallest absolute Gasteiger partial charge is 0.142 e. The van der Waals surface area contributed by atoms with Crippen LogP contribution >= 0.6 is 0 Å². The predicted octanol–water partition coefficient (Wildman–Crippen LogP) is 1.81. The third-order valence-corrected chi connectivity index (χ3v) is 1.58. The molecule has 0 aliphatic rings. The maximum Gasteiger partial charge on any atom is 0.142 e. The molecule has 0 aliphatic carbocycles. The molecule has 3 heteroatoms. The summed E-state index contributed by atoms with van der Waals surface area (Å²) in [5.41, 5.74) is 0.844. The van der Waals surface area contributed by atoms with Gasteiger partial charge in [-0.2, -0.15) is 0 Å². The first-order valence-electron chi connectivity index (χ1n) is 4.18. The molecule has 1 aromatic heterocycles. The molecule has 0 amide bonds. The Morgan fingerprint density at radius 1 is 1.31 bits per heavy atom. The third-order valence-electron chi connectivity index (χ3n) is 1.58. The molecule has 0 aliphatic heterocycles. The van der Waals surface area contributed by atoms with Crippen LogP contribution in [-0.4, -0.2) is 16.3 Å². The fourth-order valence-electron chi connectivity index (χ4n) is 0.883. The Morgan fingerprint density at radius 2 is 1.92 bits per heavy atom. The van der Waals surface area contributed by atoms with Crippen molar-refractivity contribution in [3.8, 4) is 0 Å². The van der Waals surface area contributed by atoms with E-state index < -0.39 is 0 Å². The lowest BCUT2D eigenvalue weighted by molar-refractivity contribution is -0.104. The van der Waals surface area contributed by atoms with Crippen molar-refractivity contribution < 1.29 is 4.79 Å². The molecule has 0 atom stereocenters. The molecule has 0 N–H and O–H groups in total. The van der Waals surface area contributed by atoms with E-state index in [9.17, 15) is 4.79 Å². The highest BCUT2D eigenvalue weighted by Gasteiger charge is 2.00. The molecule has 0 radical (unpaired) electrons. The number of rotatable bonds is 3. The van der Waals surface area contributed by atoms with Gasteiger partial charge < -0.3 is 0 Å². The molecule has 1 rings (SSSR count). The summed E-state index contributed by atoms with van der Waals surface area (Å²) in [4.78, 5) is 18.3. The van der Waals surface area contributed by atoms with Gasteiger partial charge in [-0.15, -0.1) is 0 Å². The van der Waals surface area contributed by atoms with Crippen molar-refractivity contribution in [3.05, 3.63) is 29.9 Å². The zero-order valence-corrected chi connectivity index (χ0v) is 7.77. The van der Waals surface area contributed by atoms with Crippen molar-refractivity contribution in [1.82, 2.24) is 9.97 Å². The standard InChI is InChI=1S/C10H12N2O/c1-8(2)10-11-6-9(7-12-10)4-3-5-13/h3-8H,1-2H3. The Bertz CT molecular complexity index is 301. The lowest BCUT2D eigenvalue weighted by atomic mass is 10.2. The lowest BCUT2D eigenvalue weighted by Gasteiger charge is -2.01. The van der Waals surface area contributed by atoms with Gasteiger partial charge in [0.25, 0.3) is 0 Å². The molecule has 0 unspecified atom stereocenters. The van der Waals surface area contributed by atoms with Gasteiger partial charge in [-0.25, -0.2) is 9.97 Å². The molecule has 0 saturated carbocycles. The van der Waals surface area contributed by atoms with Gasteiger partial charge in [0, 0.05) is 23.9 Å². The van der Waals surface area contributed by atoms with Crippen LogP contribution in [0.2, 0.25) is 0 Å². The number of allylic oxidation sites excluding steroid dienone is 1. The average molecular weight is 176 g/mol. The summed E-state index contributed by atoms with van der Waals surface area (Å²) in [5.74, 6) is 1.16. The van der Waals surface area contributed by atoms with Gasteiger partial charge in [-0.1, -0.05) is 13.8 Å². The molecule has 0 spiro atoms. The number of carbonyl (C=O) groups is 1. The van der Waals surface area contributed by atoms with E-state index in [1.807, 2.05) is 13.8 Å². The van der Waals surface area contributed by atoms with Crippen LogP contribution in [0.4, 0.5) is 0 Å². The van der Waals surface area contributed by atoms with Crippen molar-refractivity contribution in [2.45, 2.75) is 19.8 Å². The molecule has 68 valence electrons. The fraction of sp³-hybridized carbons (Fsp3) is 0.300. The molecule has 0 bridgehead atoms. The van der Waals surface area contributed by atoms with E-state index in [-0.39, 0.29) is 0 Å². The Morgan fingerprint density at radius 3 is 2.38 bits per heavy atom. The molecule has 3 nitrogen and oxygen atoms in total. The number of carbonyl (C=O) groups excluding carboxylic acids is 1. The van der Waals surface area contributed by atoms with E-state index in [1.165, 1.54) is 6.08 Å². The highest BCUT2D eigenvalue weighted by molar-refractivity contribution is 5.73. The topological polar surface area (TPSA) is 42.9 Å². The molecular weight excluding hydrogens is 164 g/mol. The van der Waals surface area contributed by atoms with E-state index in [4.69, 9.17) is 0 Å². The maximum atomic E-state index is 10.0. The lowest BCUT2D eigenvalue weighted by Crippen LogP contribution is -1.96. The summed E-state index contributed by atoms with van der Waals surface area (Å²) in [6.45, 7) is 4.08. The van der Waals surface area contributed by atoms with Crippen LogP contribution in [0.25, 0.3) is 6.08 Å². The van der Waals surface area contributed by atoms with Crippen LogP contribution in [0.3, 0.4) is 0 Å². The summed E-state index contributed by atoms with van der Waals surface area (Å²) in [7, 11) is 0. The highest BCUT2D eigenvalue weighted by Crippen LogP contribution is 2.08. The van der Waals surface area contributed by atoms with Crippen molar-refractivity contribution in [3.63, 3.8) is 0 Å². The van der Waals surface area contributed by atoms with Crippen molar-refractivity contribution in [2.75, 3.05) is 0 Å². The van der Waals surface area contributed by atoms with Gasteiger partial charge in [0.05, 0.1) is 0 Å². The Balaban J connectivity index is 2.81. The molecule has 1 heterocycles. The van der Waals surface area contributed by atoms with Crippen LogP contribution in [0.1, 0.15) is 31.2 Å². The first kappa shape index (κ1) is 9.58. The first-order chi connectivity index (χ1) is 6.24. The summed E-state index contributed by atoms with van der Waals surface area (Å²) in [5, 5.41) is 0. The summed E-state index contributed by atoms with van der Waals surface area (Å²) >= 11 is 0. The fourth-order valence-corrected chi connectivity index (χ4v) is 0.883. The van der Waals surface area contributed by atoms with E-state index in [0.29, 0.717) is 5.92 Å². The van der Waals surface area contributed by atoms with Gasteiger partial charge in [0.15, 0.2) is 0 Å². The molecular formula is C10H12N2O. The monoisotopic (exact) mass is 176 g/mol. The van der Waals surface area contributed by atoms with E-state index in [0.717, 1.165) is 17.7 Å². The van der Waals surface area contributed by atoms with Gasteiger partial charge in [-0.05, 0) is 12.2 Å². The van der Waals surface area contributed by atoms with Crippen molar-refractivity contribution >= 4 is 12.4 Å². The SMILES string of the molecule is CC(C)c1ncc(C=CC=O)cn1. The zero-order chi connectivity index (χ0) is 9.68. The molecule has 0 saturated heterocycles. The molecule has 0 fully saturated rings. The predicted molar refractivity (Wildman–Crippen MR) is 51.2 cm³/mol. The number of nitrogens with zero attached hydrogens (tertiary/aromatic N) is 2. The van der Waals surface area contributed by atoms with Gasteiger partial charge in [-0.3, -0.25) is 4.79 Å². The van der Waals surface area contributed by atoms with Crippen molar-refractivity contribution in [2.24, 2.45) is 0 Å². The van der Waals surface area contributed by atoms with Crippen LogP contribution in [0, 0.1) is 0 Å². The minimum atomic E-state index is 0.337. The van der Waals surface area contributed by atoms with Crippen molar-refractivity contribution in [1.29, 1.82) is 0 Å². The van der Waals surface area contributed by atoms with Crippen LogP contribution in [0.5, 0.6) is 0 Å². The van der Waals surface area contributed by atoms with Gasteiger partial charge >= 0.3 is 0 Å². The number of hydrogen-bond acceptors (Lipinski definition) is 3. The second-order valence-corrected chi connectivity index (χ2v) is 3.02. The van der Waals surface area contributed by atoms with Crippen LogP contribution in [-0.2, 0) is 4.79 Å². The highest BCUT2D eigenvalue weighted by atomic mass is 16.1. The third kappa shape index (κ3) is 2.78. The first-order valence-corrected chi connectivity index (χ1v) is 4.18. The normalized spacial score (nSPS) is 11.0. The summed E-state index contributed by atoms with van der Waals surface area (Å²) in [6.07, 6.45) is 7.26. The summed E-state index contributed by atoms with van der Waals surface area (Å²) in [6, 6.07) is 0. The van der Waals surface area contributed by atoms with E-state index in [2.05, 4.69) is 9.97 Å². The minimum absolute atomic E-state index is 0.337. The zero-order valence-electron chi connectivity index (χ0n) is 7.77. The van der Waals surface area contributed by atoms with Gasteiger partial charge in [0.1, 0.15) is 12.1 Å². The number of hydrogen-bond donors (Lipinski definition) is 0. The van der Waals surface area contributed by atoms with E-state index in [1.54, 1.807) is 18.5 Å². The Labute approximate surface area is 77.5 Å². The molecule has 13 heavy (non-hydrogen) atoms. The molecule has 0 aromatic carbocycles. The number of aldehydes is 1. The quantitative estimate of drug-likeness (QED) is 0.521. The Hall–Kier alpha value is -1.51. The largest absolute Gasteiger partial charge is 0.299 e. The van der Waals surface area contributed by atoms with Gasteiger partial charge in [0.2, 0.25) is 0 Å². The second kappa shape index (κ2) is 4.50. The van der Waals surface area contributed by atoms with Crippen LogP contribution < -0.4 is 0 Å². The Kier molecular flexibility index (Phi) is 3.31. The van der Waals surface area contributed by atoms with E-state index >= 15 is 0 Å². The minimum Gasteiger partial charge on any atom is -0.299 e. The average Bonchev–Trinajstić information content (AvgIpc) is 2.15. The molecule has 1 aromatic rings.